The molecular formula is C15H23N3O3S. The van der Waals surface area contributed by atoms with Crippen LogP contribution in [0.5, 0.6) is 0 Å². The maximum atomic E-state index is 12.3. The van der Waals surface area contributed by atoms with Crippen LogP contribution in [0.3, 0.4) is 0 Å². The summed E-state index contributed by atoms with van der Waals surface area (Å²) < 4.78 is 22.4. The Kier molecular flexibility index (Phi) is 5.55. The van der Waals surface area contributed by atoms with Crippen LogP contribution in [0.4, 0.5) is 0 Å². The minimum atomic E-state index is -3.67. The van der Waals surface area contributed by atoms with Gasteiger partial charge in [0.15, 0.2) is 0 Å². The molecule has 1 fully saturated rings. The van der Waals surface area contributed by atoms with E-state index >= 15 is 0 Å². The minimum absolute atomic E-state index is 0.0277. The third-order valence-electron chi connectivity index (χ3n) is 4.04. The van der Waals surface area contributed by atoms with Gasteiger partial charge in [0.25, 0.3) is 0 Å². The normalized spacial score (nSPS) is 20.4. The second-order valence-electron chi connectivity index (χ2n) is 5.75. The summed E-state index contributed by atoms with van der Waals surface area (Å²) in [7, 11) is -1.69. The van der Waals surface area contributed by atoms with Gasteiger partial charge in [-0.1, -0.05) is 25.0 Å². The number of rotatable bonds is 4. The summed E-state index contributed by atoms with van der Waals surface area (Å²) in [5, 5.41) is 7.98. The van der Waals surface area contributed by atoms with E-state index in [-0.39, 0.29) is 16.8 Å². The van der Waals surface area contributed by atoms with Gasteiger partial charge in [-0.05, 0) is 44.1 Å². The topological polar surface area (TPSA) is 92.5 Å². The number of amides is 1. The van der Waals surface area contributed by atoms with Crippen LogP contribution in [-0.2, 0) is 21.4 Å². The molecule has 0 aromatic heterocycles. The van der Waals surface area contributed by atoms with Gasteiger partial charge >= 0.3 is 0 Å². The highest BCUT2D eigenvalue weighted by Gasteiger charge is 2.24. The molecule has 1 aliphatic heterocycles. The number of hydrogen-bond acceptors (Lipinski definition) is 4. The second kappa shape index (κ2) is 7.21. The van der Waals surface area contributed by atoms with Crippen molar-refractivity contribution in [2.45, 2.75) is 43.2 Å². The molecule has 0 radical (unpaired) electrons. The predicted molar refractivity (Wildman–Crippen MR) is 84.5 cm³/mol. The summed E-state index contributed by atoms with van der Waals surface area (Å²) in [4.78, 5) is 14.5. The van der Waals surface area contributed by atoms with E-state index < -0.39 is 10.0 Å². The van der Waals surface area contributed by atoms with Crippen LogP contribution in [0.25, 0.3) is 0 Å². The van der Waals surface area contributed by atoms with Crippen LogP contribution in [0, 0.1) is 0 Å². The number of carbonyl (C=O) groups is 1. The number of carbonyl (C=O) groups excluding carboxylic acids is 1. The van der Waals surface area contributed by atoms with E-state index in [1.165, 1.54) is 18.6 Å². The van der Waals surface area contributed by atoms with E-state index in [4.69, 9.17) is 5.14 Å². The van der Waals surface area contributed by atoms with Gasteiger partial charge in [-0.15, -0.1) is 0 Å². The Morgan fingerprint density at radius 1 is 1.27 bits per heavy atom. The number of likely N-dealkylation sites (N-methyl/N-ethyl adjacent to an activating group) is 1. The van der Waals surface area contributed by atoms with Gasteiger partial charge in [-0.2, -0.15) is 0 Å². The number of likely N-dealkylation sites (tertiary alicyclic amines) is 1. The molecule has 6 nitrogen and oxygen atoms in total. The summed E-state index contributed by atoms with van der Waals surface area (Å²) >= 11 is 0. The van der Waals surface area contributed by atoms with Crippen molar-refractivity contribution in [3.05, 3.63) is 29.8 Å². The molecule has 1 aliphatic rings. The molecule has 7 heteroatoms. The molecule has 1 amide bonds. The summed E-state index contributed by atoms with van der Waals surface area (Å²) in [5.41, 5.74) is 0.844. The van der Waals surface area contributed by atoms with E-state index in [1.807, 2.05) is 7.05 Å². The first-order valence-corrected chi connectivity index (χ1v) is 9.02. The van der Waals surface area contributed by atoms with Crippen LogP contribution in [0.2, 0.25) is 0 Å². The highest BCUT2D eigenvalue weighted by atomic mass is 32.2. The third-order valence-corrected chi connectivity index (χ3v) is 4.97. The lowest BCUT2D eigenvalue weighted by Crippen LogP contribution is -2.44. The average Bonchev–Trinajstić information content (AvgIpc) is 2.69. The van der Waals surface area contributed by atoms with Gasteiger partial charge in [0.1, 0.15) is 0 Å². The van der Waals surface area contributed by atoms with Crippen LogP contribution in [0.1, 0.15) is 31.2 Å². The van der Waals surface area contributed by atoms with Gasteiger partial charge in [0.05, 0.1) is 10.9 Å². The molecule has 3 N–H and O–H groups in total. The number of primary sulfonamides is 1. The van der Waals surface area contributed by atoms with Crippen molar-refractivity contribution in [2.24, 2.45) is 5.14 Å². The first-order valence-electron chi connectivity index (χ1n) is 7.47. The van der Waals surface area contributed by atoms with E-state index in [0.717, 1.165) is 31.4 Å². The number of nitrogens with zero attached hydrogens (tertiary/aromatic N) is 1. The number of nitrogens with two attached hydrogens (primary N) is 1. The van der Waals surface area contributed by atoms with E-state index in [1.54, 1.807) is 12.1 Å². The summed E-state index contributed by atoms with van der Waals surface area (Å²) in [6.45, 7) is 1.33. The highest BCUT2D eigenvalue weighted by Crippen LogP contribution is 2.15. The zero-order valence-corrected chi connectivity index (χ0v) is 13.6. The molecule has 0 aliphatic carbocycles. The van der Waals surface area contributed by atoms with Gasteiger partial charge < -0.3 is 5.32 Å². The summed E-state index contributed by atoms with van der Waals surface area (Å²) in [6, 6.07) is 6.16. The lowest BCUT2D eigenvalue weighted by Gasteiger charge is -2.24. The van der Waals surface area contributed by atoms with Crippen LogP contribution in [0.15, 0.2) is 29.2 Å². The Hall–Kier alpha value is -1.44. The molecule has 1 heterocycles. The van der Waals surface area contributed by atoms with Crippen molar-refractivity contribution < 1.29 is 13.2 Å². The van der Waals surface area contributed by atoms with Crippen LogP contribution in [-0.4, -0.2) is 38.9 Å². The molecule has 0 saturated carbocycles. The number of sulfonamides is 1. The van der Waals surface area contributed by atoms with Gasteiger partial charge in [0.2, 0.25) is 15.9 Å². The fourth-order valence-corrected chi connectivity index (χ4v) is 3.20. The van der Waals surface area contributed by atoms with Gasteiger partial charge in [-0.25, -0.2) is 13.6 Å². The van der Waals surface area contributed by atoms with Crippen molar-refractivity contribution in [1.29, 1.82) is 0 Å². The molecule has 0 bridgehead atoms. The lowest BCUT2D eigenvalue weighted by molar-refractivity contribution is -0.126. The van der Waals surface area contributed by atoms with E-state index in [0.29, 0.717) is 6.54 Å². The van der Waals surface area contributed by atoms with Crippen LogP contribution >= 0.6 is 0 Å². The Morgan fingerprint density at radius 2 is 1.95 bits per heavy atom. The van der Waals surface area contributed by atoms with Gasteiger partial charge in [0, 0.05) is 6.54 Å². The maximum Gasteiger partial charge on any atom is 0.238 e. The number of hydrogen-bond donors (Lipinski definition) is 2. The molecule has 122 valence electrons. The standard InChI is InChI=1S/C15H23N3O3S/c1-18-10-4-2-3-5-14(18)15(19)17-11-12-6-8-13(9-7-12)22(16,20)21/h6-9,14H,2-5,10-11H2,1H3,(H,17,19)(H2,16,20,21)/t14-/m1/s1. The molecule has 0 unspecified atom stereocenters. The molecule has 1 saturated heterocycles. The van der Waals surface area contributed by atoms with Gasteiger partial charge in [-0.3, -0.25) is 9.69 Å². The van der Waals surface area contributed by atoms with E-state index in [9.17, 15) is 13.2 Å². The fourth-order valence-electron chi connectivity index (χ4n) is 2.69. The predicted octanol–water partition coefficient (Wildman–Crippen LogP) is 0.825. The lowest BCUT2D eigenvalue weighted by atomic mass is 10.1. The fraction of sp³-hybridized carbons (Fsp3) is 0.533. The summed E-state index contributed by atoms with van der Waals surface area (Å²) in [6.07, 6.45) is 4.26. The largest absolute Gasteiger partial charge is 0.351 e. The molecule has 1 aromatic carbocycles. The first-order chi connectivity index (χ1) is 10.4. The highest BCUT2D eigenvalue weighted by molar-refractivity contribution is 7.89. The Balaban J connectivity index is 1.93. The number of nitrogens with one attached hydrogen (secondary N) is 1. The number of benzene rings is 1. The second-order valence-corrected chi connectivity index (χ2v) is 7.31. The van der Waals surface area contributed by atoms with Crippen molar-refractivity contribution in [3.8, 4) is 0 Å². The molecule has 22 heavy (non-hydrogen) atoms. The Morgan fingerprint density at radius 3 is 2.59 bits per heavy atom. The zero-order valence-electron chi connectivity index (χ0n) is 12.8. The van der Waals surface area contributed by atoms with Crippen molar-refractivity contribution in [2.75, 3.05) is 13.6 Å². The average molecular weight is 325 g/mol. The molecular weight excluding hydrogens is 302 g/mol. The molecule has 2 rings (SSSR count). The molecule has 1 aromatic rings. The zero-order chi connectivity index (χ0) is 16.2. The SMILES string of the molecule is CN1CCCCC[C@@H]1C(=O)NCc1ccc(S(N)(=O)=O)cc1. The smallest absolute Gasteiger partial charge is 0.238 e. The Labute approximate surface area is 131 Å². The third kappa shape index (κ3) is 4.53. The maximum absolute atomic E-state index is 12.3. The van der Waals surface area contributed by atoms with Crippen LogP contribution < -0.4 is 10.5 Å². The van der Waals surface area contributed by atoms with E-state index in [2.05, 4.69) is 10.2 Å². The quantitative estimate of drug-likeness (QED) is 0.857. The monoisotopic (exact) mass is 325 g/mol. The summed E-state index contributed by atoms with van der Waals surface area (Å²) in [5.74, 6) is 0.0277. The van der Waals surface area contributed by atoms with Crippen molar-refractivity contribution in [1.82, 2.24) is 10.2 Å². The first kappa shape index (κ1) is 16.9. The Bertz CT molecular complexity index is 613. The molecule has 0 spiro atoms. The van der Waals surface area contributed by atoms with Crippen molar-refractivity contribution >= 4 is 15.9 Å². The minimum Gasteiger partial charge on any atom is -0.351 e. The molecule has 1 atom stereocenters. The van der Waals surface area contributed by atoms with Crippen molar-refractivity contribution in [3.63, 3.8) is 0 Å².